The minimum Gasteiger partial charge on any atom is -0.507 e. The molecule has 1 N–H and O–H groups in total. The molecular weight excluding hydrogens is 336 g/mol. The number of carbonyl (C=O) groups is 1. The molecule has 0 bridgehead atoms. The molecule has 0 saturated carbocycles. The number of carbonyl (C=O) groups excluding carboxylic acids is 1. The molecule has 2 rings (SSSR count). The molecule has 0 heterocycles. The van der Waals surface area contributed by atoms with E-state index in [0.717, 1.165) is 34.2 Å². The standard InChI is InChI=1S/C21H25ClO3/c1-5-9-16-13(2)17(12-18(22)15-10-7-6-8-11-15)14(3)19(20(16)23)21(24)25-4/h6-8,10-11,18,23H,5,9,12H2,1-4H3. The fraction of sp³-hybridized carbons (Fsp3) is 0.381. The number of aromatic hydroxyl groups is 1. The van der Waals surface area contributed by atoms with Crippen molar-refractivity contribution in [2.24, 2.45) is 0 Å². The summed E-state index contributed by atoms with van der Waals surface area (Å²) in [5.41, 5.74) is 4.84. The number of phenolic OH excluding ortho intramolecular Hbond substituents is 1. The van der Waals surface area contributed by atoms with Crippen LogP contribution in [-0.4, -0.2) is 18.2 Å². The SMILES string of the molecule is CCCc1c(C)c(CC(Cl)c2ccccc2)c(C)c(C(=O)OC)c1O. The lowest BCUT2D eigenvalue weighted by Gasteiger charge is -2.21. The van der Waals surface area contributed by atoms with Crippen LogP contribution in [0.5, 0.6) is 5.75 Å². The summed E-state index contributed by atoms with van der Waals surface area (Å²) >= 11 is 6.64. The summed E-state index contributed by atoms with van der Waals surface area (Å²) in [6, 6.07) is 9.87. The van der Waals surface area contributed by atoms with Gasteiger partial charge in [-0.2, -0.15) is 0 Å². The highest BCUT2D eigenvalue weighted by molar-refractivity contribution is 6.21. The average Bonchev–Trinajstić information content (AvgIpc) is 2.62. The predicted octanol–water partition coefficient (Wildman–Crippen LogP) is 5.27. The maximum atomic E-state index is 12.2. The van der Waals surface area contributed by atoms with E-state index in [1.807, 2.05) is 51.1 Å². The largest absolute Gasteiger partial charge is 0.507 e. The summed E-state index contributed by atoms with van der Waals surface area (Å²) in [5.74, 6) is -0.474. The third-order valence-electron chi connectivity index (χ3n) is 4.69. The van der Waals surface area contributed by atoms with Crippen LogP contribution in [0.3, 0.4) is 0 Å². The fourth-order valence-electron chi connectivity index (χ4n) is 3.29. The van der Waals surface area contributed by atoms with Gasteiger partial charge in [0.1, 0.15) is 11.3 Å². The van der Waals surface area contributed by atoms with E-state index in [-0.39, 0.29) is 16.7 Å². The van der Waals surface area contributed by atoms with Crippen LogP contribution in [0.25, 0.3) is 0 Å². The number of esters is 1. The van der Waals surface area contributed by atoms with Crippen LogP contribution >= 0.6 is 11.6 Å². The van der Waals surface area contributed by atoms with Crippen molar-refractivity contribution < 1.29 is 14.6 Å². The van der Waals surface area contributed by atoms with Crippen molar-refractivity contribution in [2.45, 2.75) is 45.4 Å². The van der Waals surface area contributed by atoms with Crippen LogP contribution in [0.1, 0.15) is 56.9 Å². The molecule has 0 aliphatic rings. The van der Waals surface area contributed by atoms with Gasteiger partial charge in [0.05, 0.1) is 12.5 Å². The van der Waals surface area contributed by atoms with Gasteiger partial charge in [-0.05, 0) is 54.5 Å². The molecule has 0 aliphatic heterocycles. The Balaban J connectivity index is 2.56. The third kappa shape index (κ3) is 3.98. The molecule has 2 aromatic rings. The Morgan fingerprint density at radius 3 is 2.36 bits per heavy atom. The highest BCUT2D eigenvalue weighted by Gasteiger charge is 2.25. The van der Waals surface area contributed by atoms with E-state index in [1.54, 1.807) is 0 Å². The summed E-state index contributed by atoms with van der Waals surface area (Å²) in [7, 11) is 1.33. The van der Waals surface area contributed by atoms with E-state index in [9.17, 15) is 9.90 Å². The Bertz CT molecular complexity index is 754. The topological polar surface area (TPSA) is 46.5 Å². The van der Waals surface area contributed by atoms with Crippen molar-refractivity contribution >= 4 is 17.6 Å². The Labute approximate surface area is 154 Å². The number of hydrogen-bond donors (Lipinski definition) is 1. The van der Waals surface area contributed by atoms with E-state index in [1.165, 1.54) is 7.11 Å². The monoisotopic (exact) mass is 360 g/mol. The zero-order valence-electron chi connectivity index (χ0n) is 15.2. The molecule has 0 amide bonds. The number of rotatable bonds is 6. The van der Waals surface area contributed by atoms with Crippen LogP contribution in [0, 0.1) is 13.8 Å². The lowest BCUT2D eigenvalue weighted by atomic mass is 9.87. The fourth-order valence-corrected chi connectivity index (χ4v) is 3.59. The minimum atomic E-state index is -0.514. The number of alkyl halides is 1. The first kappa shape index (κ1) is 19.3. The maximum absolute atomic E-state index is 12.2. The zero-order valence-corrected chi connectivity index (χ0v) is 16.0. The summed E-state index contributed by atoms with van der Waals surface area (Å²) in [4.78, 5) is 12.2. The molecular formula is C21H25ClO3. The van der Waals surface area contributed by atoms with Gasteiger partial charge in [0.25, 0.3) is 0 Å². The first-order valence-electron chi connectivity index (χ1n) is 8.53. The maximum Gasteiger partial charge on any atom is 0.341 e. The van der Waals surface area contributed by atoms with Gasteiger partial charge in [-0.25, -0.2) is 4.79 Å². The highest BCUT2D eigenvalue weighted by Crippen LogP contribution is 2.37. The van der Waals surface area contributed by atoms with E-state index in [2.05, 4.69) is 0 Å². The average molecular weight is 361 g/mol. The quantitative estimate of drug-likeness (QED) is 0.563. The molecule has 0 aromatic heterocycles. The first-order chi connectivity index (χ1) is 11.9. The summed E-state index contributed by atoms with van der Waals surface area (Å²) in [6.45, 7) is 5.88. The molecule has 0 fully saturated rings. The summed E-state index contributed by atoms with van der Waals surface area (Å²) < 4.78 is 4.88. The van der Waals surface area contributed by atoms with E-state index < -0.39 is 5.97 Å². The van der Waals surface area contributed by atoms with Gasteiger partial charge in [-0.1, -0.05) is 43.7 Å². The second-order valence-corrected chi connectivity index (χ2v) is 6.78. The Hall–Kier alpha value is -2.00. The minimum absolute atomic E-state index is 0.0401. The van der Waals surface area contributed by atoms with Gasteiger partial charge < -0.3 is 9.84 Å². The van der Waals surface area contributed by atoms with E-state index in [0.29, 0.717) is 12.8 Å². The highest BCUT2D eigenvalue weighted by atomic mass is 35.5. The van der Waals surface area contributed by atoms with Crippen molar-refractivity contribution in [2.75, 3.05) is 7.11 Å². The van der Waals surface area contributed by atoms with Crippen molar-refractivity contribution in [3.05, 3.63) is 63.7 Å². The molecule has 0 saturated heterocycles. The second kappa shape index (κ2) is 8.39. The zero-order chi connectivity index (χ0) is 18.6. The molecule has 4 heteroatoms. The number of ether oxygens (including phenoxy) is 1. The van der Waals surface area contributed by atoms with Crippen LogP contribution in [0.15, 0.2) is 30.3 Å². The third-order valence-corrected chi connectivity index (χ3v) is 5.10. The molecule has 134 valence electrons. The van der Waals surface area contributed by atoms with E-state index in [4.69, 9.17) is 16.3 Å². The first-order valence-corrected chi connectivity index (χ1v) is 8.97. The van der Waals surface area contributed by atoms with Crippen molar-refractivity contribution in [1.82, 2.24) is 0 Å². The lowest BCUT2D eigenvalue weighted by Crippen LogP contribution is -2.12. The molecule has 0 spiro atoms. The van der Waals surface area contributed by atoms with Gasteiger partial charge in [0.15, 0.2) is 0 Å². The summed E-state index contributed by atoms with van der Waals surface area (Å²) in [6.07, 6.45) is 2.16. The predicted molar refractivity (Wildman–Crippen MR) is 102 cm³/mol. The van der Waals surface area contributed by atoms with Gasteiger partial charge in [0.2, 0.25) is 0 Å². The molecule has 25 heavy (non-hydrogen) atoms. The molecule has 1 unspecified atom stereocenters. The Kier molecular flexibility index (Phi) is 6.49. The summed E-state index contributed by atoms with van der Waals surface area (Å²) in [5, 5.41) is 10.4. The lowest BCUT2D eigenvalue weighted by molar-refractivity contribution is 0.0596. The Morgan fingerprint density at radius 1 is 1.16 bits per heavy atom. The van der Waals surface area contributed by atoms with Gasteiger partial charge in [-0.3, -0.25) is 0 Å². The Morgan fingerprint density at radius 2 is 1.80 bits per heavy atom. The number of methoxy groups -OCH3 is 1. The van der Waals surface area contributed by atoms with Crippen LogP contribution in [-0.2, 0) is 17.6 Å². The van der Waals surface area contributed by atoms with Gasteiger partial charge >= 0.3 is 5.97 Å². The molecule has 0 aliphatic carbocycles. The number of hydrogen-bond acceptors (Lipinski definition) is 3. The molecule has 2 aromatic carbocycles. The molecule has 1 atom stereocenters. The van der Waals surface area contributed by atoms with Crippen LogP contribution in [0.4, 0.5) is 0 Å². The second-order valence-electron chi connectivity index (χ2n) is 6.25. The van der Waals surface area contributed by atoms with Gasteiger partial charge in [-0.15, -0.1) is 11.6 Å². The normalized spacial score (nSPS) is 12.0. The van der Waals surface area contributed by atoms with E-state index >= 15 is 0 Å². The van der Waals surface area contributed by atoms with Crippen LogP contribution < -0.4 is 0 Å². The number of halogens is 1. The van der Waals surface area contributed by atoms with Crippen LogP contribution in [0.2, 0.25) is 0 Å². The molecule has 0 radical (unpaired) electrons. The number of phenols is 1. The molecule has 3 nitrogen and oxygen atoms in total. The smallest absolute Gasteiger partial charge is 0.341 e. The van der Waals surface area contributed by atoms with Crippen molar-refractivity contribution in [3.63, 3.8) is 0 Å². The van der Waals surface area contributed by atoms with Gasteiger partial charge in [0, 0.05) is 0 Å². The van der Waals surface area contributed by atoms with Crippen molar-refractivity contribution in [3.8, 4) is 5.75 Å². The number of benzene rings is 2. The van der Waals surface area contributed by atoms with Crippen molar-refractivity contribution in [1.29, 1.82) is 0 Å².